The van der Waals surface area contributed by atoms with Crippen molar-refractivity contribution in [2.75, 3.05) is 24.6 Å². The van der Waals surface area contributed by atoms with Gasteiger partial charge in [0.2, 0.25) is 0 Å². The Morgan fingerprint density at radius 3 is 2.67 bits per heavy atom. The second kappa shape index (κ2) is 4.49. The number of rotatable bonds is 5. The zero-order valence-electron chi connectivity index (χ0n) is 7.97. The van der Waals surface area contributed by atoms with Crippen LogP contribution in [0.3, 0.4) is 0 Å². The summed E-state index contributed by atoms with van der Waals surface area (Å²) in [4.78, 5) is 0. The Labute approximate surface area is 79.1 Å². The molecule has 1 saturated heterocycles. The first-order valence-corrected chi connectivity index (χ1v) is 5.80. The molecule has 72 valence electrons. The molecule has 1 unspecified atom stereocenters. The van der Waals surface area contributed by atoms with Crippen molar-refractivity contribution in [1.29, 1.82) is 0 Å². The predicted octanol–water partition coefficient (Wildman–Crippen LogP) is 1.10. The van der Waals surface area contributed by atoms with E-state index < -0.39 is 5.60 Å². The van der Waals surface area contributed by atoms with Crippen LogP contribution in [0.2, 0.25) is 0 Å². The Kier molecular flexibility index (Phi) is 3.87. The topological polar surface area (TPSA) is 32.3 Å². The van der Waals surface area contributed by atoms with E-state index in [1.54, 1.807) is 0 Å². The maximum Gasteiger partial charge on any atom is 0.0707 e. The normalized spacial score (nSPS) is 23.2. The third-order valence-electron chi connectivity index (χ3n) is 2.39. The van der Waals surface area contributed by atoms with E-state index in [0.29, 0.717) is 0 Å². The minimum atomic E-state index is -0.457. The summed E-state index contributed by atoms with van der Waals surface area (Å²) in [7, 11) is 0. The lowest BCUT2D eigenvalue weighted by molar-refractivity contribution is 0.0815. The minimum absolute atomic E-state index is 0.457. The third kappa shape index (κ3) is 3.33. The molecule has 12 heavy (non-hydrogen) atoms. The van der Waals surface area contributed by atoms with Gasteiger partial charge in [0.25, 0.3) is 0 Å². The molecule has 0 aromatic heterocycles. The van der Waals surface area contributed by atoms with Gasteiger partial charge in [0.1, 0.15) is 0 Å². The van der Waals surface area contributed by atoms with E-state index in [-0.39, 0.29) is 0 Å². The van der Waals surface area contributed by atoms with Crippen LogP contribution in [-0.2, 0) is 0 Å². The molecule has 0 bridgehead atoms. The molecule has 1 fully saturated rings. The van der Waals surface area contributed by atoms with Crippen LogP contribution in [0.15, 0.2) is 0 Å². The van der Waals surface area contributed by atoms with E-state index in [0.717, 1.165) is 18.1 Å². The zero-order valence-corrected chi connectivity index (χ0v) is 8.78. The first-order valence-electron chi connectivity index (χ1n) is 4.65. The Hall–Kier alpha value is 0.270. The van der Waals surface area contributed by atoms with E-state index >= 15 is 0 Å². The van der Waals surface area contributed by atoms with Crippen molar-refractivity contribution in [3.8, 4) is 0 Å². The predicted molar refractivity (Wildman–Crippen MR) is 54.6 cm³/mol. The van der Waals surface area contributed by atoms with Gasteiger partial charge in [-0.2, -0.15) is 11.8 Å². The van der Waals surface area contributed by atoms with E-state index in [4.69, 9.17) is 0 Å². The van der Waals surface area contributed by atoms with E-state index in [1.165, 1.54) is 18.8 Å². The molecule has 2 nitrogen and oxygen atoms in total. The first-order chi connectivity index (χ1) is 5.64. The molecule has 0 radical (unpaired) electrons. The van der Waals surface area contributed by atoms with Crippen LogP contribution in [0.25, 0.3) is 0 Å². The highest BCUT2D eigenvalue weighted by atomic mass is 32.2. The van der Waals surface area contributed by atoms with Crippen LogP contribution in [-0.4, -0.2) is 35.3 Å². The van der Waals surface area contributed by atoms with Gasteiger partial charge in [-0.25, -0.2) is 0 Å². The third-order valence-corrected chi connectivity index (χ3v) is 3.93. The maximum atomic E-state index is 9.69. The number of nitrogens with one attached hydrogen (secondary N) is 1. The molecule has 3 heteroatoms. The summed E-state index contributed by atoms with van der Waals surface area (Å²) >= 11 is 1.88. The molecule has 1 aliphatic heterocycles. The summed E-state index contributed by atoms with van der Waals surface area (Å²) < 4.78 is 0. The lowest BCUT2D eigenvalue weighted by Gasteiger charge is -2.28. The second-order valence-electron chi connectivity index (χ2n) is 3.89. The van der Waals surface area contributed by atoms with Gasteiger partial charge in [-0.3, -0.25) is 0 Å². The zero-order chi connectivity index (χ0) is 9.03. The van der Waals surface area contributed by atoms with E-state index in [2.05, 4.69) is 5.32 Å². The Morgan fingerprint density at radius 1 is 1.58 bits per heavy atom. The molecule has 2 N–H and O–H groups in total. The van der Waals surface area contributed by atoms with Crippen LogP contribution in [0, 0.1) is 5.92 Å². The molecule has 0 saturated carbocycles. The summed E-state index contributed by atoms with van der Waals surface area (Å²) in [5, 5.41) is 12.9. The molecule has 0 amide bonds. The Morgan fingerprint density at radius 2 is 2.25 bits per heavy atom. The van der Waals surface area contributed by atoms with Crippen LogP contribution in [0.5, 0.6) is 0 Å². The van der Waals surface area contributed by atoms with Crippen molar-refractivity contribution in [3.63, 3.8) is 0 Å². The van der Waals surface area contributed by atoms with Gasteiger partial charge in [-0.1, -0.05) is 6.92 Å². The monoisotopic (exact) mass is 189 g/mol. The van der Waals surface area contributed by atoms with Crippen molar-refractivity contribution in [2.24, 2.45) is 5.92 Å². The first kappa shape index (κ1) is 10.4. The lowest BCUT2D eigenvalue weighted by atomic mass is 10.1. The molecule has 0 aromatic rings. The summed E-state index contributed by atoms with van der Waals surface area (Å²) in [5.41, 5.74) is -0.457. The fourth-order valence-electron chi connectivity index (χ4n) is 1.01. The quantitative estimate of drug-likeness (QED) is 0.679. The van der Waals surface area contributed by atoms with Gasteiger partial charge < -0.3 is 10.4 Å². The Balaban J connectivity index is 2.00. The van der Waals surface area contributed by atoms with Gasteiger partial charge in [0, 0.05) is 5.75 Å². The number of hydrogen-bond donors (Lipinski definition) is 2. The van der Waals surface area contributed by atoms with Crippen molar-refractivity contribution in [1.82, 2.24) is 5.32 Å². The highest BCUT2D eigenvalue weighted by Crippen LogP contribution is 2.19. The summed E-state index contributed by atoms with van der Waals surface area (Å²) in [6, 6.07) is 0. The molecular weight excluding hydrogens is 170 g/mol. The average molecular weight is 189 g/mol. The van der Waals surface area contributed by atoms with Gasteiger partial charge in [-0.15, -0.1) is 0 Å². The van der Waals surface area contributed by atoms with Crippen molar-refractivity contribution >= 4 is 11.8 Å². The highest BCUT2D eigenvalue weighted by Gasteiger charge is 2.20. The van der Waals surface area contributed by atoms with Crippen molar-refractivity contribution < 1.29 is 5.11 Å². The van der Waals surface area contributed by atoms with Crippen LogP contribution >= 0.6 is 11.8 Å². The lowest BCUT2D eigenvalue weighted by Crippen LogP contribution is -2.43. The summed E-state index contributed by atoms with van der Waals surface area (Å²) in [6.07, 6.45) is 0.850. The molecule has 1 heterocycles. The fourth-order valence-corrected chi connectivity index (χ4v) is 2.34. The summed E-state index contributed by atoms with van der Waals surface area (Å²) in [6.45, 7) is 6.28. The van der Waals surface area contributed by atoms with E-state index in [1.807, 2.05) is 25.6 Å². The standard InChI is InChI=1S/C9H19NOS/c1-3-9(2,11)7-12-6-8-4-10-5-8/h8,10-11H,3-7H2,1-2H3. The number of aliphatic hydroxyl groups is 1. The largest absolute Gasteiger partial charge is 0.389 e. The Bertz CT molecular complexity index is 134. The van der Waals surface area contributed by atoms with Crippen molar-refractivity contribution in [2.45, 2.75) is 25.9 Å². The average Bonchev–Trinajstić information content (AvgIpc) is 1.95. The van der Waals surface area contributed by atoms with Crippen LogP contribution in [0.4, 0.5) is 0 Å². The van der Waals surface area contributed by atoms with Gasteiger partial charge in [0.15, 0.2) is 0 Å². The molecule has 1 rings (SSSR count). The molecular formula is C9H19NOS. The van der Waals surface area contributed by atoms with Gasteiger partial charge in [-0.05, 0) is 38.1 Å². The van der Waals surface area contributed by atoms with Gasteiger partial charge >= 0.3 is 0 Å². The fraction of sp³-hybridized carbons (Fsp3) is 1.00. The second-order valence-corrected chi connectivity index (χ2v) is 4.92. The summed E-state index contributed by atoms with van der Waals surface area (Å²) in [5.74, 6) is 2.92. The highest BCUT2D eigenvalue weighted by molar-refractivity contribution is 7.99. The maximum absolute atomic E-state index is 9.69. The van der Waals surface area contributed by atoms with Crippen LogP contribution in [0.1, 0.15) is 20.3 Å². The SMILES string of the molecule is CCC(C)(O)CSCC1CNC1. The van der Waals surface area contributed by atoms with Crippen LogP contribution < -0.4 is 5.32 Å². The smallest absolute Gasteiger partial charge is 0.0707 e. The minimum Gasteiger partial charge on any atom is -0.389 e. The van der Waals surface area contributed by atoms with E-state index in [9.17, 15) is 5.11 Å². The van der Waals surface area contributed by atoms with Crippen molar-refractivity contribution in [3.05, 3.63) is 0 Å². The number of thioether (sulfide) groups is 1. The molecule has 1 atom stereocenters. The molecule has 0 spiro atoms. The molecule has 1 aliphatic rings. The van der Waals surface area contributed by atoms with Gasteiger partial charge in [0.05, 0.1) is 5.60 Å². The molecule has 0 aliphatic carbocycles. The molecule has 0 aromatic carbocycles. The number of hydrogen-bond acceptors (Lipinski definition) is 3.